The average Bonchev–Trinajstić information content (AvgIpc) is 2.49. The van der Waals surface area contributed by atoms with E-state index in [0.29, 0.717) is 19.4 Å². The third kappa shape index (κ3) is 4.59. The van der Waals surface area contributed by atoms with Crippen LogP contribution >= 0.6 is 12.4 Å². The van der Waals surface area contributed by atoms with Crippen molar-refractivity contribution in [1.29, 1.82) is 0 Å². The van der Waals surface area contributed by atoms with Gasteiger partial charge in [-0.05, 0) is 46.0 Å². The number of halogens is 1. The van der Waals surface area contributed by atoms with Gasteiger partial charge in [0.2, 0.25) is 11.8 Å². The summed E-state index contributed by atoms with van der Waals surface area (Å²) < 4.78 is 0. The summed E-state index contributed by atoms with van der Waals surface area (Å²) in [5, 5.41) is 2.88. The maximum Gasteiger partial charge on any atom is 0.245 e. The first-order chi connectivity index (χ1) is 9.91. The first kappa shape index (κ1) is 21.2. The van der Waals surface area contributed by atoms with Gasteiger partial charge in [0.15, 0.2) is 0 Å². The standard InChI is InChI=1S/C16H31N3O2.ClH/c1-5-16(6-2,11-17)15(21)18-13(4)14(20)19-10-8-7-9-12(19)3;/h12-13H,5-11,17H2,1-4H3,(H,18,21);1H. The van der Waals surface area contributed by atoms with Gasteiger partial charge >= 0.3 is 0 Å². The quantitative estimate of drug-likeness (QED) is 0.781. The van der Waals surface area contributed by atoms with Crippen LogP contribution in [0, 0.1) is 5.41 Å². The molecule has 0 aromatic heterocycles. The number of amides is 2. The van der Waals surface area contributed by atoms with Crippen LogP contribution < -0.4 is 11.1 Å². The molecule has 1 aliphatic heterocycles. The van der Waals surface area contributed by atoms with Gasteiger partial charge in [0.1, 0.15) is 6.04 Å². The van der Waals surface area contributed by atoms with Crippen molar-refractivity contribution in [2.45, 2.75) is 71.9 Å². The van der Waals surface area contributed by atoms with E-state index >= 15 is 0 Å². The van der Waals surface area contributed by atoms with Crippen LogP contribution in [0.25, 0.3) is 0 Å². The molecule has 3 N–H and O–H groups in total. The monoisotopic (exact) mass is 333 g/mol. The molecule has 1 rings (SSSR count). The lowest BCUT2D eigenvalue weighted by Crippen LogP contribution is -2.55. The number of nitrogens with zero attached hydrogens (tertiary/aromatic N) is 1. The van der Waals surface area contributed by atoms with E-state index < -0.39 is 11.5 Å². The molecule has 130 valence electrons. The topological polar surface area (TPSA) is 75.4 Å². The van der Waals surface area contributed by atoms with Crippen molar-refractivity contribution in [2.24, 2.45) is 11.1 Å². The van der Waals surface area contributed by atoms with Gasteiger partial charge in [-0.3, -0.25) is 9.59 Å². The summed E-state index contributed by atoms with van der Waals surface area (Å²) in [6, 6.07) is -0.218. The molecule has 1 aliphatic rings. The predicted molar refractivity (Wildman–Crippen MR) is 91.9 cm³/mol. The minimum atomic E-state index is -0.554. The largest absolute Gasteiger partial charge is 0.344 e. The molecule has 0 saturated carbocycles. The van der Waals surface area contributed by atoms with E-state index in [1.807, 2.05) is 18.7 Å². The molecular formula is C16H32ClN3O2. The van der Waals surface area contributed by atoms with Crippen LogP contribution in [-0.2, 0) is 9.59 Å². The van der Waals surface area contributed by atoms with E-state index in [2.05, 4.69) is 12.2 Å². The highest BCUT2D eigenvalue weighted by Gasteiger charge is 2.36. The smallest absolute Gasteiger partial charge is 0.245 e. The van der Waals surface area contributed by atoms with E-state index in [-0.39, 0.29) is 30.3 Å². The zero-order valence-electron chi connectivity index (χ0n) is 14.4. The molecule has 0 bridgehead atoms. The first-order valence-corrected chi connectivity index (χ1v) is 8.23. The summed E-state index contributed by atoms with van der Waals surface area (Å²) in [5.41, 5.74) is 5.24. The van der Waals surface area contributed by atoms with Crippen molar-refractivity contribution in [3.8, 4) is 0 Å². The van der Waals surface area contributed by atoms with E-state index in [1.165, 1.54) is 6.42 Å². The highest BCUT2D eigenvalue weighted by Crippen LogP contribution is 2.25. The second-order valence-electron chi connectivity index (χ2n) is 6.26. The molecule has 2 amide bonds. The van der Waals surface area contributed by atoms with Gasteiger partial charge in [-0.2, -0.15) is 0 Å². The predicted octanol–water partition coefficient (Wildman–Crippen LogP) is 2.08. The number of hydrogen-bond acceptors (Lipinski definition) is 3. The van der Waals surface area contributed by atoms with Crippen molar-refractivity contribution in [1.82, 2.24) is 10.2 Å². The molecule has 0 spiro atoms. The van der Waals surface area contributed by atoms with Crippen molar-refractivity contribution < 1.29 is 9.59 Å². The first-order valence-electron chi connectivity index (χ1n) is 8.23. The molecule has 2 atom stereocenters. The highest BCUT2D eigenvalue weighted by atomic mass is 35.5. The fourth-order valence-electron chi connectivity index (χ4n) is 3.04. The number of hydrogen-bond donors (Lipinski definition) is 2. The molecule has 1 fully saturated rings. The summed E-state index contributed by atoms with van der Waals surface area (Å²) in [5.74, 6) is -0.0748. The van der Waals surface area contributed by atoms with Crippen LogP contribution in [0.3, 0.4) is 0 Å². The Morgan fingerprint density at radius 2 is 1.91 bits per heavy atom. The Labute approximate surface area is 140 Å². The zero-order chi connectivity index (χ0) is 16.0. The molecule has 0 aliphatic carbocycles. The van der Waals surface area contributed by atoms with Gasteiger partial charge in [-0.25, -0.2) is 0 Å². The second-order valence-corrected chi connectivity index (χ2v) is 6.26. The van der Waals surface area contributed by atoms with Crippen LogP contribution in [0.1, 0.15) is 59.8 Å². The molecular weight excluding hydrogens is 302 g/mol. The van der Waals surface area contributed by atoms with Gasteiger partial charge < -0.3 is 16.0 Å². The Hall–Kier alpha value is -0.810. The Balaban J connectivity index is 0.00000441. The lowest BCUT2D eigenvalue weighted by Gasteiger charge is -2.36. The molecule has 6 heteroatoms. The third-order valence-electron chi connectivity index (χ3n) is 5.03. The molecule has 5 nitrogen and oxygen atoms in total. The lowest BCUT2D eigenvalue weighted by molar-refractivity contribution is -0.141. The molecule has 0 radical (unpaired) electrons. The van der Waals surface area contributed by atoms with Crippen LogP contribution in [-0.4, -0.2) is 41.9 Å². The molecule has 22 heavy (non-hydrogen) atoms. The average molecular weight is 334 g/mol. The minimum absolute atomic E-state index is 0. The maximum absolute atomic E-state index is 12.5. The number of nitrogens with two attached hydrogens (primary N) is 1. The molecule has 2 unspecified atom stereocenters. The van der Waals surface area contributed by atoms with Gasteiger partial charge in [-0.15, -0.1) is 12.4 Å². The fourth-order valence-corrected chi connectivity index (χ4v) is 3.04. The summed E-state index contributed by atoms with van der Waals surface area (Å²) in [6.07, 6.45) is 4.64. The van der Waals surface area contributed by atoms with Crippen LogP contribution in [0.5, 0.6) is 0 Å². The summed E-state index contributed by atoms with van der Waals surface area (Å²) in [7, 11) is 0. The SMILES string of the molecule is CCC(CC)(CN)C(=O)NC(C)C(=O)N1CCCCC1C.Cl. The lowest BCUT2D eigenvalue weighted by atomic mass is 9.81. The number of nitrogens with one attached hydrogen (secondary N) is 1. The third-order valence-corrected chi connectivity index (χ3v) is 5.03. The highest BCUT2D eigenvalue weighted by molar-refractivity contribution is 5.90. The Kier molecular flexibility index (Phi) is 9.01. The number of carbonyl (C=O) groups excluding carboxylic acids is 2. The Morgan fingerprint density at radius 3 is 2.36 bits per heavy atom. The van der Waals surface area contributed by atoms with Crippen molar-refractivity contribution in [2.75, 3.05) is 13.1 Å². The molecule has 0 aromatic carbocycles. The van der Waals surface area contributed by atoms with Crippen LogP contribution in [0.15, 0.2) is 0 Å². The number of rotatable bonds is 6. The summed E-state index contributed by atoms with van der Waals surface area (Å²) >= 11 is 0. The molecule has 0 aromatic rings. The Bertz CT molecular complexity index is 364. The van der Waals surface area contributed by atoms with Crippen molar-refractivity contribution in [3.05, 3.63) is 0 Å². The minimum Gasteiger partial charge on any atom is -0.344 e. The van der Waals surface area contributed by atoms with E-state index in [4.69, 9.17) is 5.73 Å². The fraction of sp³-hybridized carbons (Fsp3) is 0.875. The van der Waals surface area contributed by atoms with Gasteiger partial charge in [0, 0.05) is 19.1 Å². The van der Waals surface area contributed by atoms with E-state index in [0.717, 1.165) is 19.4 Å². The summed E-state index contributed by atoms with van der Waals surface area (Å²) in [6.45, 7) is 8.89. The molecule has 1 heterocycles. The molecule has 1 saturated heterocycles. The number of piperidine rings is 1. The van der Waals surface area contributed by atoms with Crippen LogP contribution in [0.2, 0.25) is 0 Å². The number of likely N-dealkylation sites (tertiary alicyclic amines) is 1. The summed E-state index contributed by atoms with van der Waals surface area (Å²) in [4.78, 5) is 26.9. The van der Waals surface area contributed by atoms with Gasteiger partial charge in [-0.1, -0.05) is 13.8 Å². The number of carbonyl (C=O) groups is 2. The maximum atomic E-state index is 12.5. The van der Waals surface area contributed by atoms with Gasteiger partial charge in [0.25, 0.3) is 0 Å². The van der Waals surface area contributed by atoms with Crippen molar-refractivity contribution >= 4 is 24.2 Å². The van der Waals surface area contributed by atoms with Crippen LogP contribution in [0.4, 0.5) is 0 Å². The van der Waals surface area contributed by atoms with E-state index in [1.54, 1.807) is 6.92 Å². The Morgan fingerprint density at radius 1 is 1.32 bits per heavy atom. The normalized spacial score (nSPS) is 20.0. The second kappa shape index (κ2) is 9.36. The zero-order valence-corrected chi connectivity index (χ0v) is 15.2. The van der Waals surface area contributed by atoms with Gasteiger partial charge in [0.05, 0.1) is 5.41 Å². The van der Waals surface area contributed by atoms with E-state index in [9.17, 15) is 9.59 Å². The van der Waals surface area contributed by atoms with Crippen molar-refractivity contribution in [3.63, 3.8) is 0 Å².